The van der Waals surface area contributed by atoms with Crippen molar-refractivity contribution in [1.82, 2.24) is 10.2 Å². The summed E-state index contributed by atoms with van der Waals surface area (Å²) in [7, 11) is 0. The summed E-state index contributed by atoms with van der Waals surface area (Å²) < 4.78 is 0. The third-order valence-electron chi connectivity index (χ3n) is 2.67. The Morgan fingerprint density at radius 2 is 2.13 bits per heavy atom. The summed E-state index contributed by atoms with van der Waals surface area (Å²) in [6.07, 6.45) is -0.842. The first-order valence-electron chi connectivity index (χ1n) is 5.04. The quantitative estimate of drug-likeness (QED) is 0.728. The minimum Gasteiger partial charge on any atom is -0.465 e. The number of carboxylic acid groups (broad SMARTS) is 1. The van der Waals surface area contributed by atoms with Crippen LogP contribution in [0.25, 0.3) is 0 Å². The molecule has 0 radical (unpaired) electrons. The summed E-state index contributed by atoms with van der Waals surface area (Å²) in [6.45, 7) is 1.97. The minimum absolute atomic E-state index is 0.0579. The Morgan fingerprint density at radius 1 is 1.40 bits per heavy atom. The molecule has 0 spiro atoms. The zero-order valence-electron chi connectivity index (χ0n) is 8.39. The van der Waals surface area contributed by atoms with Crippen molar-refractivity contribution < 1.29 is 9.90 Å². The fourth-order valence-corrected chi connectivity index (χ4v) is 1.91. The van der Waals surface area contributed by atoms with Gasteiger partial charge in [-0.15, -0.1) is 0 Å². The van der Waals surface area contributed by atoms with E-state index in [1.807, 2.05) is 30.3 Å². The van der Waals surface area contributed by atoms with Crippen LogP contribution in [-0.2, 0) is 0 Å². The van der Waals surface area contributed by atoms with Crippen molar-refractivity contribution in [3.63, 3.8) is 0 Å². The molecule has 0 unspecified atom stereocenters. The number of hydrogen-bond acceptors (Lipinski definition) is 2. The maximum Gasteiger partial charge on any atom is 0.407 e. The van der Waals surface area contributed by atoms with Crippen molar-refractivity contribution >= 4 is 6.09 Å². The SMILES string of the molecule is O=C(O)N1CCNC[C@@H]1c1ccccc1. The summed E-state index contributed by atoms with van der Waals surface area (Å²) in [5.74, 6) is 0. The van der Waals surface area contributed by atoms with E-state index in [-0.39, 0.29) is 6.04 Å². The van der Waals surface area contributed by atoms with Gasteiger partial charge in [0.2, 0.25) is 0 Å². The highest BCUT2D eigenvalue weighted by atomic mass is 16.4. The van der Waals surface area contributed by atoms with Crippen LogP contribution in [0.1, 0.15) is 11.6 Å². The van der Waals surface area contributed by atoms with Gasteiger partial charge in [-0.3, -0.25) is 4.90 Å². The zero-order chi connectivity index (χ0) is 10.7. The molecule has 1 heterocycles. The lowest BCUT2D eigenvalue weighted by atomic mass is 10.0. The van der Waals surface area contributed by atoms with Gasteiger partial charge in [0.05, 0.1) is 6.04 Å². The molecule has 2 N–H and O–H groups in total. The van der Waals surface area contributed by atoms with Gasteiger partial charge < -0.3 is 10.4 Å². The number of amides is 1. The number of piperazine rings is 1. The van der Waals surface area contributed by atoms with E-state index < -0.39 is 6.09 Å². The first-order chi connectivity index (χ1) is 7.29. The van der Waals surface area contributed by atoms with E-state index >= 15 is 0 Å². The average Bonchev–Trinajstić information content (AvgIpc) is 2.30. The van der Waals surface area contributed by atoms with Crippen LogP contribution in [0, 0.1) is 0 Å². The van der Waals surface area contributed by atoms with Crippen LogP contribution >= 0.6 is 0 Å². The Labute approximate surface area is 88.5 Å². The van der Waals surface area contributed by atoms with Crippen LogP contribution in [0.2, 0.25) is 0 Å². The highest BCUT2D eigenvalue weighted by Crippen LogP contribution is 2.21. The maximum atomic E-state index is 11.0. The molecule has 1 amide bonds. The monoisotopic (exact) mass is 206 g/mol. The molecule has 1 saturated heterocycles. The first-order valence-corrected chi connectivity index (χ1v) is 5.04. The summed E-state index contributed by atoms with van der Waals surface area (Å²) in [6, 6.07) is 9.68. The van der Waals surface area contributed by atoms with Crippen LogP contribution in [0.3, 0.4) is 0 Å². The maximum absolute atomic E-state index is 11.0. The standard InChI is InChI=1S/C11H14N2O2/c14-11(15)13-7-6-12-8-10(13)9-4-2-1-3-5-9/h1-5,10,12H,6-8H2,(H,14,15)/t10-/m1/s1. The van der Waals surface area contributed by atoms with Crippen LogP contribution < -0.4 is 5.32 Å². The average molecular weight is 206 g/mol. The number of benzene rings is 1. The molecule has 0 saturated carbocycles. The molecule has 1 aliphatic heterocycles. The minimum atomic E-state index is -0.842. The number of nitrogens with zero attached hydrogens (tertiary/aromatic N) is 1. The summed E-state index contributed by atoms with van der Waals surface area (Å²) >= 11 is 0. The van der Waals surface area contributed by atoms with Crippen molar-refractivity contribution in [2.24, 2.45) is 0 Å². The topological polar surface area (TPSA) is 52.6 Å². The van der Waals surface area contributed by atoms with Crippen molar-refractivity contribution in [2.75, 3.05) is 19.6 Å². The van der Waals surface area contributed by atoms with Gasteiger partial charge in [0.1, 0.15) is 0 Å². The molecule has 0 aromatic heterocycles. The van der Waals surface area contributed by atoms with E-state index in [1.165, 1.54) is 4.90 Å². The third kappa shape index (κ3) is 2.10. The number of rotatable bonds is 1. The van der Waals surface area contributed by atoms with Crippen LogP contribution in [0.5, 0.6) is 0 Å². The molecular formula is C11H14N2O2. The summed E-state index contributed by atoms with van der Waals surface area (Å²) in [5.41, 5.74) is 1.05. The molecule has 1 fully saturated rings. The van der Waals surface area contributed by atoms with Gasteiger partial charge in [-0.2, -0.15) is 0 Å². The lowest BCUT2D eigenvalue weighted by molar-refractivity contribution is 0.112. The number of hydrogen-bond donors (Lipinski definition) is 2. The van der Waals surface area contributed by atoms with E-state index in [9.17, 15) is 4.79 Å². The van der Waals surface area contributed by atoms with E-state index in [0.717, 1.165) is 12.1 Å². The molecule has 0 aliphatic carbocycles. The Kier molecular flexibility index (Phi) is 2.87. The van der Waals surface area contributed by atoms with E-state index in [2.05, 4.69) is 5.32 Å². The Morgan fingerprint density at radius 3 is 2.80 bits per heavy atom. The van der Waals surface area contributed by atoms with Crippen molar-refractivity contribution in [2.45, 2.75) is 6.04 Å². The fourth-order valence-electron chi connectivity index (χ4n) is 1.91. The van der Waals surface area contributed by atoms with E-state index in [0.29, 0.717) is 13.1 Å². The van der Waals surface area contributed by atoms with Gasteiger partial charge in [0, 0.05) is 19.6 Å². The van der Waals surface area contributed by atoms with Crippen molar-refractivity contribution in [1.29, 1.82) is 0 Å². The van der Waals surface area contributed by atoms with Crippen LogP contribution in [0.15, 0.2) is 30.3 Å². The molecular weight excluding hydrogens is 192 g/mol. The van der Waals surface area contributed by atoms with E-state index in [4.69, 9.17) is 5.11 Å². The highest BCUT2D eigenvalue weighted by Gasteiger charge is 2.26. The van der Waals surface area contributed by atoms with Gasteiger partial charge >= 0.3 is 6.09 Å². The van der Waals surface area contributed by atoms with Crippen molar-refractivity contribution in [3.8, 4) is 0 Å². The van der Waals surface area contributed by atoms with Gasteiger partial charge in [-0.25, -0.2) is 4.79 Å². The predicted molar refractivity (Wildman–Crippen MR) is 56.8 cm³/mol. The molecule has 1 aliphatic rings. The second kappa shape index (κ2) is 4.31. The third-order valence-corrected chi connectivity index (χ3v) is 2.67. The Hall–Kier alpha value is -1.55. The normalized spacial score (nSPS) is 21.3. The molecule has 1 aromatic carbocycles. The van der Waals surface area contributed by atoms with E-state index in [1.54, 1.807) is 0 Å². The molecule has 15 heavy (non-hydrogen) atoms. The largest absolute Gasteiger partial charge is 0.465 e. The van der Waals surface area contributed by atoms with Crippen molar-refractivity contribution in [3.05, 3.63) is 35.9 Å². The Balaban J connectivity index is 2.22. The second-order valence-electron chi connectivity index (χ2n) is 3.61. The fraction of sp³-hybridized carbons (Fsp3) is 0.364. The Bertz CT molecular complexity index is 340. The van der Waals surface area contributed by atoms with Gasteiger partial charge in [-0.1, -0.05) is 30.3 Å². The van der Waals surface area contributed by atoms with Gasteiger partial charge in [0.25, 0.3) is 0 Å². The molecule has 80 valence electrons. The van der Waals surface area contributed by atoms with Gasteiger partial charge in [-0.05, 0) is 5.56 Å². The number of carbonyl (C=O) groups is 1. The van der Waals surface area contributed by atoms with Crippen LogP contribution in [-0.4, -0.2) is 35.7 Å². The summed E-state index contributed by atoms with van der Waals surface area (Å²) in [4.78, 5) is 12.5. The molecule has 0 bridgehead atoms. The lowest BCUT2D eigenvalue weighted by Gasteiger charge is -2.34. The highest BCUT2D eigenvalue weighted by molar-refractivity contribution is 5.66. The molecule has 4 heteroatoms. The number of nitrogens with one attached hydrogen (secondary N) is 1. The second-order valence-corrected chi connectivity index (χ2v) is 3.61. The first kappa shape index (κ1) is 9.98. The summed E-state index contributed by atoms with van der Waals surface area (Å²) in [5, 5.41) is 12.3. The van der Waals surface area contributed by atoms with Gasteiger partial charge in [0.15, 0.2) is 0 Å². The molecule has 1 atom stereocenters. The van der Waals surface area contributed by atoms with Crippen LogP contribution in [0.4, 0.5) is 4.79 Å². The zero-order valence-corrected chi connectivity index (χ0v) is 8.39. The molecule has 4 nitrogen and oxygen atoms in total. The lowest BCUT2D eigenvalue weighted by Crippen LogP contribution is -2.48. The molecule has 1 aromatic rings. The predicted octanol–water partition coefficient (Wildman–Crippen LogP) is 1.31. The smallest absolute Gasteiger partial charge is 0.407 e. The molecule has 2 rings (SSSR count).